The van der Waals surface area contributed by atoms with Crippen molar-refractivity contribution in [3.8, 4) is 0 Å². The van der Waals surface area contributed by atoms with Crippen molar-refractivity contribution in [1.82, 2.24) is 5.43 Å². The summed E-state index contributed by atoms with van der Waals surface area (Å²) < 4.78 is 0. The van der Waals surface area contributed by atoms with E-state index in [0.717, 1.165) is 16.8 Å². The highest BCUT2D eigenvalue weighted by Gasteiger charge is 2.22. The van der Waals surface area contributed by atoms with Gasteiger partial charge in [0.25, 0.3) is 10.9 Å². The van der Waals surface area contributed by atoms with E-state index < -0.39 is 10.2 Å². The van der Waals surface area contributed by atoms with Gasteiger partial charge in [0.15, 0.2) is 0 Å². The zero-order chi connectivity index (χ0) is 20.3. The fourth-order valence-electron chi connectivity index (χ4n) is 2.99. The van der Waals surface area contributed by atoms with Crippen molar-refractivity contribution in [3.05, 3.63) is 69.8 Å². The molecule has 144 valence electrons. The van der Waals surface area contributed by atoms with E-state index in [9.17, 15) is 19.7 Å². The second kappa shape index (κ2) is 8.22. The van der Waals surface area contributed by atoms with Crippen molar-refractivity contribution in [2.45, 2.75) is 19.9 Å². The molecule has 3 rings (SSSR count). The van der Waals surface area contributed by atoms with Crippen molar-refractivity contribution >= 4 is 40.9 Å². The predicted octanol–water partition coefficient (Wildman–Crippen LogP) is 3.51. The molecule has 0 spiro atoms. The number of amides is 2. The first-order valence-corrected chi connectivity index (χ1v) is 9.00. The minimum Gasteiger partial charge on any atom is -0.299 e. The first kappa shape index (κ1) is 19.6. The molecule has 0 bridgehead atoms. The van der Waals surface area contributed by atoms with Gasteiger partial charge in [0.05, 0.1) is 17.2 Å². The number of anilines is 1. The van der Waals surface area contributed by atoms with Crippen molar-refractivity contribution in [2.75, 3.05) is 4.90 Å². The molecule has 9 heteroatoms. The van der Waals surface area contributed by atoms with Gasteiger partial charge < -0.3 is 0 Å². The molecule has 0 saturated carbocycles. The summed E-state index contributed by atoms with van der Waals surface area (Å²) in [5, 5.41) is 14.4. The molecule has 28 heavy (non-hydrogen) atoms. The molecule has 1 heterocycles. The highest BCUT2D eigenvalue weighted by atomic mass is 32.1. The van der Waals surface area contributed by atoms with E-state index in [2.05, 4.69) is 23.2 Å². The molecule has 1 atom stereocenters. The van der Waals surface area contributed by atoms with E-state index in [4.69, 9.17) is 0 Å². The molecule has 1 unspecified atom stereocenters. The Labute approximate surface area is 166 Å². The van der Waals surface area contributed by atoms with E-state index in [1.165, 1.54) is 17.0 Å². The fraction of sp³-hybridized carbons (Fsp3) is 0.211. The normalized spacial score (nSPS) is 16.1. The number of thiol groups is 1. The lowest BCUT2D eigenvalue weighted by molar-refractivity contribution is -0.384. The van der Waals surface area contributed by atoms with E-state index in [0.29, 0.717) is 12.1 Å². The number of nitrogens with zero attached hydrogens (tertiary/aromatic N) is 3. The SMILES string of the molecule is CC1CC(=O)NN=C1c1ccc(N(Cc2ccc([N+](=O)[O-])cc2)C(=O)S)cc1. The van der Waals surface area contributed by atoms with Crippen molar-refractivity contribution in [2.24, 2.45) is 11.0 Å². The van der Waals surface area contributed by atoms with Gasteiger partial charge in [-0.15, -0.1) is 0 Å². The Balaban J connectivity index is 1.80. The lowest BCUT2D eigenvalue weighted by Gasteiger charge is -2.22. The second-order valence-corrected chi connectivity index (χ2v) is 6.86. The average molecular weight is 398 g/mol. The number of rotatable bonds is 5. The van der Waals surface area contributed by atoms with E-state index in [1.807, 2.05) is 19.1 Å². The summed E-state index contributed by atoms with van der Waals surface area (Å²) in [4.78, 5) is 35.2. The molecule has 0 fully saturated rings. The van der Waals surface area contributed by atoms with Gasteiger partial charge in [-0.3, -0.25) is 24.6 Å². The number of hydrogen-bond acceptors (Lipinski definition) is 5. The summed E-state index contributed by atoms with van der Waals surface area (Å²) in [5.74, 6) is -0.106. The van der Waals surface area contributed by atoms with Crippen LogP contribution in [0.15, 0.2) is 53.6 Å². The standard InChI is InChI=1S/C19H18N4O4S/c1-12-10-17(24)20-21-18(12)14-4-8-15(9-5-14)22(19(25)28)11-13-2-6-16(7-3-13)23(26)27/h2-9,12H,10-11H2,1H3,(H,20,24)(H,25,28). The van der Waals surface area contributed by atoms with Crippen LogP contribution in [0.3, 0.4) is 0 Å². The summed E-state index contributed by atoms with van der Waals surface area (Å²) in [5.41, 5.74) is 5.50. The minimum atomic E-state index is -0.471. The van der Waals surface area contributed by atoms with Crippen LogP contribution in [0.4, 0.5) is 16.2 Å². The number of carbonyl (C=O) groups is 2. The number of nitro benzene ring substituents is 1. The Bertz CT molecular complexity index is 941. The fourth-order valence-corrected chi connectivity index (χ4v) is 3.18. The van der Waals surface area contributed by atoms with Crippen molar-refractivity contribution in [3.63, 3.8) is 0 Å². The van der Waals surface area contributed by atoms with Crippen molar-refractivity contribution < 1.29 is 14.5 Å². The van der Waals surface area contributed by atoms with Gasteiger partial charge >= 0.3 is 0 Å². The number of carbonyl (C=O) groups excluding carboxylic acids is 2. The Hall–Kier alpha value is -3.20. The number of hydrogen-bond donors (Lipinski definition) is 2. The van der Waals surface area contributed by atoms with Crippen LogP contribution in [0, 0.1) is 16.0 Å². The number of hydrazone groups is 1. The van der Waals surface area contributed by atoms with E-state index >= 15 is 0 Å². The smallest absolute Gasteiger partial charge is 0.283 e. The minimum absolute atomic E-state index is 0.00215. The van der Waals surface area contributed by atoms with Gasteiger partial charge in [0, 0.05) is 30.2 Å². The highest BCUT2D eigenvalue weighted by Crippen LogP contribution is 2.23. The molecule has 0 saturated heterocycles. The Morgan fingerprint density at radius 1 is 1.25 bits per heavy atom. The van der Waals surface area contributed by atoms with Crippen LogP contribution in [0.2, 0.25) is 0 Å². The van der Waals surface area contributed by atoms with Crippen LogP contribution < -0.4 is 10.3 Å². The summed E-state index contributed by atoms with van der Waals surface area (Å²) in [6.45, 7) is 2.16. The monoisotopic (exact) mass is 398 g/mol. The van der Waals surface area contributed by atoms with Gasteiger partial charge in [-0.2, -0.15) is 5.10 Å². The van der Waals surface area contributed by atoms with Gasteiger partial charge in [-0.05, 0) is 23.3 Å². The molecular formula is C19H18N4O4S. The average Bonchev–Trinajstić information content (AvgIpc) is 2.66. The molecule has 1 N–H and O–H groups in total. The lowest BCUT2D eigenvalue weighted by Crippen LogP contribution is -2.32. The summed E-state index contributed by atoms with van der Waals surface area (Å²) in [6, 6.07) is 13.2. The highest BCUT2D eigenvalue weighted by molar-refractivity contribution is 7.96. The quantitative estimate of drug-likeness (QED) is 0.457. The van der Waals surface area contributed by atoms with Crippen LogP contribution in [0.5, 0.6) is 0 Å². The van der Waals surface area contributed by atoms with Gasteiger partial charge in [-0.25, -0.2) is 5.43 Å². The van der Waals surface area contributed by atoms with Gasteiger partial charge in [0.2, 0.25) is 5.91 Å². The van der Waals surface area contributed by atoms with Crippen LogP contribution in [-0.2, 0) is 11.3 Å². The van der Waals surface area contributed by atoms with E-state index in [1.54, 1.807) is 24.3 Å². The molecule has 8 nitrogen and oxygen atoms in total. The Morgan fingerprint density at radius 2 is 1.89 bits per heavy atom. The molecular weight excluding hydrogens is 380 g/mol. The van der Waals surface area contributed by atoms with Crippen LogP contribution >= 0.6 is 12.6 Å². The zero-order valence-corrected chi connectivity index (χ0v) is 15.9. The third-order valence-corrected chi connectivity index (χ3v) is 4.69. The number of nitrogens with one attached hydrogen (secondary N) is 1. The van der Waals surface area contributed by atoms with Crippen LogP contribution in [-0.4, -0.2) is 21.8 Å². The van der Waals surface area contributed by atoms with Gasteiger partial charge in [0.1, 0.15) is 0 Å². The zero-order valence-electron chi connectivity index (χ0n) is 15.0. The maximum atomic E-state index is 12.0. The molecule has 1 aliphatic heterocycles. The predicted molar refractivity (Wildman–Crippen MR) is 109 cm³/mol. The second-order valence-electron chi connectivity index (χ2n) is 6.48. The van der Waals surface area contributed by atoms with Crippen LogP contribution in [0.1, 0.15) is 24.5 Å². The lowest BCUT2D eigenvalue weighted by atomic mass is 9.94. The van der Waals surface area contributed by atoms with Crippen LogP contribution in [0.25, 0.3) is 0 Å². The largest absolute Gasteiger partial charge is 0.299 e. The van der Waals surface area contributed by atoms with Crippen molar-refractivity contribution in [1.29, 1.82) is 0 Å². The summed E-state index contributed by atoms with van der Waals surface area (Å²) in [6.07, 6.45) is 0.377. The third-order valence-electron chi connectivity index (χ3n) is 4.45. The summed E-state index contributed by atoms with van der Waals surface area (Å²) >= 11 is 3.95. The third kappa shape index (κ3) is 4.37. The van der Waals surface area contributed by atoms with Gasteiger partial charge in [-0.1, -0.05) is 43.8 Å². The Kier molecular flexibility index (Phi) is 5.74. The Morgan fingerprint density at radius 3 is 2.43 bits per heavy atom. The number of nitro groups is 1. The number of benzene rings is 2. The molecule has 0 aromatic heterocycles. The molecule has 0 radical (unpaired) electrons. The molecule has 2 aromatic rings. The topological polar surface area (TPSA) is 105 Å². The molecule has 1 aliphatic rings. The maximum Gasteiger partial charge on any atom is 0.283 e. The first-order chi connectivity index (χ1) is 13.3. The first-order valence-electron chi connectivity index (χ1n) is 8.56. The summed E-state index contributed by atoms with van der Waals surface area (Å²) in [7, 11) is 0. The molecule has 2 amide bonds. The molecule has 0 aliphatic carbocycles. The molecule has 2 aromatic carbocycles. The van der Waals surface area contributed by atoms with E-state index in [-0.39, 0.29) is 24.1 Å². The maximum absolute atomic E-state index is 12.0. The number of non-ortho nitro benzene ring substituents is 1.